The van der Waals surface area contributed by atoms with E-state index in [1.807, 2.05) is 111 Å². The number of aromatic amines is 2. The fourth-order valence-electron chi connectivity index (χ4n) is 5.37. The van der Waals surface area contributed by atoms with Crippen molar-refractivity contribution in [3.05, 3.63) is 106 Å². The molecule has 0 atom stereocenters. The Labute approximate surface area is 363 Å². The standard InChI is InChI=1S/2C16H11BrN2O2.C7H18NO.C4H11NO.ClH/c2*17-12-3-1-2-10(6-12)13-8-14(19-18-13)11-4-5-15-16(7-11)21-9-20-15;1-5-9-7-6-8(2,3)4;1-2-6-4-3-5;/h2*1-8H,9H2,(H,18,19);5-7H2,1-4H3;2-5H2,1H3;1H/q;;+1;;/p-1. The number of H-pyrrole nitrogens is 2. The van der Waals surface area contributed by atoms with Crippen molar-refractivity contribution < 1.29 is 45.3 Å². The topological polar surface area (TPSA) is 139 Å². The number of benzene rings is 4. The Morgan fingerprint density at radius 1 is 0.603 bits per heavy atom. The van der Waals surface area contributed by atoms with Crippen molar-refractivity contribution in [3.63, 3.8) is 0 Å². The minimum Gasteiger partial charge on any atom is -1.00 e. The summed E-state index contributed by atoms with van der Waals surface area (Å²) in [6, 6.07) is 31.9. The predicted octanol–water partition coefficient (Wildman–Crippen LogP) is 6.18. The first-order valence-electron chi connectivity index (χ1n) is 18.7. The second-order valence-corrected chi connectivity index (χ2v) is 15.5. The molecule has 2 aromatic heterocycles. The van der Waals surface area contributed by atoms with Crippen LogP contribution in [0.15, 0.2) is 106 Å². The van der Waals surface area contributed by atoms with Crippen molar-refractivity contribution in [3.8, 4) is 68.0 Å². The molecule has 58 heavy (non-hydrogen) atoms. The van der Waals surface area contributed by atoms with Crippen LogP contribution in [0.5, 0.6) is 23.0 Å². The molecule has 4 heterocycles. The third kappa shape index (κ3) is 14.2. The molecule has 0 bridgehead atoms. The van der Waals surface area contributed by atoms with Crippen LogP contribution < -0.4 is 37.1 Å². The lowest BCUT2D eigenvalue weighted by atomic mass is 10.1. The number of nitrogens with two attached hydrogens (primary N) is 1. The number of nitrogens with one attached hydrogen (secondary N) is 2. The van der Waals surface area contributed by atoms with Gasteiger partial charge in [0.05, 0.1) is 57.1 Å². The summed E-state index contributed by atoms with van der Waals surface area (Å²) in [5.41, 5.74) is 13.0. The van der Waals surface area contributed by atoms with E-state index in [4.69, 9.17) is 34.2 Å². The fourth-order valence-corrected chi connectivity index (χ4v) is 6.17. The zero-order valence-corrected chi connectivity index (χ0v) is 37.3. The quantitative estimate of drug-likeness (QED) is 0.103. The minimum atomic E-state index is 0. The maximum Gasteiger partial charge on any atom is 0.231 e. The Morgan fingerprint density at radius 2 is 1.05 bits per heavy atom. The number of likely N-dealkylation sites (N-methyl/N-ethyl adjacent to an activating group) is 1. The molecule has 15 heteroatoms. The van der Waals surface area contributed by atoms with Gasteiger partial charge in [-0.2, -0.15) is 10.2 Å². The summed E-state index contributed by atoms with van der Waals surface area (Å²) in [5, 5.41) is 14.9. The van der Waals surface area contributed by atoms with Gasteiger partial charge in [0.15, 0.2) is 23.0 Å². The van der Waals surface area contributed by atoms with Gasteiger partial charge in [0.25, 0.3) is 0 Å². The van der Waals surface area contributed by atoms with Crippen LogP contribution in [0, 0.1) is 0 Å². The van der Waals surface area contributed by atoms with Crippen molar-refractivity contribution in [2.45, 2.75) is 13.8 Å². The number of aromatic nitrogens is 4. The van der Waals surface area contributed by atoms with Gasteiger partial charge in [-0.3, -0.25) is 10.2 Å². The van der Waals surface area contributed by atoms with E-state index in [9.17, 15) is 0 Å². The van der Waals surface area contributed by atoms with Crippen molar-refractivity contribution in [2.75, 3.05) is 74.2 Å². The van der Waals surface area contributed by atoms with Crippen LogP contribution in [0.4, 0.5) is 0 Å². The van der Waals surface area contributed by atoms with Crippen molar-refractivity contribution >= 4 is 31.9 Å². The summed E-state index contributed by atoms with van der Waals surface area (Å²) in [6.45, 7) is 9.44. The summed E-state index contributed by atoms with van der Waals surface area (Å²) >= 11 is 6.95. The molecule has 0 radical (unpaired) electrons. The summed E-state index contributed by atoms with van der Waals surface area (Å²) in [7, 11) is 6.50. The lowest BCUT2D eigenvalue weighted by molar-refractivity contribution is -0.870. The number of hydrogen-bond donors (Lipinski definition) is 3. The Morgan fingerprint density at radius 3 is 1.45 bits per heavy atom. The lowest BCUT2D eigenvalue weighted by Crippen LogP contribution is -3.00. The first-order chi connectivity index (χ1) is 27.6. The van der Waals surface area contributed by atoms with Crippen LogP contribution in [-0.4, -0.2) is 99.1 Å². The average molecular weight is 943 g/mol. The molecule has 310 valence electrons. The number of hydrogen-bond acceptors (Lipinski definition) is 9. The van der Waals surface area contributed by atoms with Crippen molar-refractivity contribution in [1.29, 1.82) is 0 Å². The van der Waals surface area contributed by atoms with Crippen LogP contribution in [-0.2, 0) is 9.47 Å². The Hall–Kier alpha value is -4.41. The minimum absolute atomic E-state index is 0. The highest BCUT2D eigenvalue weighted by molar-refractivity contribution is 9.10. The highest BCUT2D eigenvalue weighted by Crippen LogP contribution is 2.37. The van der Waals surface area contributed by atoms with E-state index in [2.05, 4.69) is 73.4 Å². The molecule has 6 aromatic rings. The van der Waals surface area contributed by atoms with Gasteiger partial charge < -0.3 is 51.0 Å². The molecule has 0 amide bonds. The number of nitrogens with zero attached hydrogens (tertiary/aromatic N) is 3. The largest absolute Gasteiger partial charge is 1.00 e. The molecule has 2 aliphatic heterocycles. The number of ether oxygens (including phenoxy) is 6. The molecule has 0 unspecified atom stereocenters. The van der Waals surface area contributed by atoms with Crippen LogP contribution in [0.2, 0.25) is 0 Å². The second-order valence-electron chi connectivity index (χ2n) is 13.7. The highest BCUT2D eigenvalue weighted by Gasteiger charge is 2.16. The molecule has 0 fully saturated rings. The Bertz CT molecular complexity index is 2020. The Kier molecular flexibility index (Phi) is 18.6. The van der Waals surface area contributed by atoms with E-state index in [-0.39, 0.29) is 26.0 Å². The van der Waals surface area contributed by atoms with E-state index in [1.54, 1.807) is 0 Å². The van der Waals surface area contributed by atoms with Gasteiger partial charge in [-0.05, 0) is 86.6 Å². The van der Waals surface area contributed by atoms with Gasteiger partial charge in [0.2, 0.25) is 13.6 Å². The van der Waals surface area contributed by atoms with E-state index in [0.717, 1.165) is 108 Å². The van der Waals surface area contributed by atoms with E-state index < -0.39 is 0 Å². The first kappa shape index (κ1) is 46.3. The van der Waals surface area contributed by atoms with Crippen LogP contribution in [0.1, 0.15) is 13.8 Å². The molecule has 2 aliphatic rings. The molecule has 0 aliphatic carbocycles. The zero-order chi connectivity index (χ0) is 40.6. The molecule has 4 N–H and O–H groups in total. The third-order valence-corrected chi connectivity index (χ3v) is 9.33. The summed E-state index contributed by atoms with van der Waals surface area (Å²) in [5.74, 6) is 3.10. The number of rotatable bonds is 11. The summed E-state index contributed by atoms with van der Waals surface area (Å²) in [6.07, 6.45) is 0. The molecule has 4 aromatic carbocycles. The maximum atomic E-state index is 5.41. The molecule has 0 spiro atoms. The molecule has 8 rings (SSSR count). The van der Waals surface area contributed by atoms with Gasteiger partial charge in [0.1, 0.15) is 6.54 Å². The van der Waals surface area contributed by atoms with Crippen molar-refractivity contribution in [2.24, 2.45) is 5.73 Å². The number of quaternary nitrogens is 1. The lowest BCUT2D eigenvalue weighted by Gasteiger charge is -2.23. The highest BCUT2D eigenvalue weighted by atomic mass is 79.9. The monoisotopic (exact) mass is 940 g/mol. The predicted molar refractivity (Wildman–Crippen MR) is 232 cm³/mol. The SMILES string of the molecule is Brc1cccc(-c2cc(-c3ccc4c(c3)OCO4)[nH]n2)c1.Brc1cccc(-c2cc(-c3ccc4c(c3)OCO4)[nH]n2)c1.CCOCCN.CCOCC[N+](C)(C)C.[Cl-]. The molecule has 0 saturated heterocycles. The Balaban J connectivity index is 0.000000190. The van der Waals surface area contributed by atoms with Crippen LogP contribution in [0.3, 0.4) is 0 Å². The zero-order valence-electron chi connectivity index (χ0n) is 33.4. The van der Waals surface area contributed by atoms with E-state index in [0.29, 0.717) is 13.2 Å². The van der Waals surface area contributed by atoms with Gasteiger partial charge >= 0.3 is 0 Å². The van der Waals surface area contributed by atoms with Crippen LogP contribution >= 0.6 is 31.9 Å². The van der Waals surface area contributed by atoms with Gasteiger partial charge in [0, 0.05) is 51.0 Å². The maximum absolute atomic E-state index is 5.41. The van der Waals surface area contributed by atoms with Gasteiger partial charge in [-0.1, -0.05) is 56.1 Å². The molecule has 0 saturated carbocycles. The first-order valence-corrected chi connectivity index (χ1v) is 20.2. The summed E-state index contributed by atoms with van der Waals surface area (Å²) in [4.78, 5) is 0. The molecule has 12 nitrogen and oxygen atoms in total. The van der Waals surface area contributed by atoms with E-state index >= 15 is 0 Å². The number of halogens is 3. The van der Waals surface area contributed by atoms with E-state index in [1.165, 1.54) is 0 Å². The third-order valence-electron chi connectivity index (χ3n) is 8.34. The normalized spacial score (nSPS) is 11.9. The fraction of sp³-hybridized carbons (Fsp3) is 0.302. The van der Waals surface area contributed by atoms with Crippen LogP contribution in [0.25, 0.3) is 45.0 Å². The molecular weight excluding hydrogens is 892 g/mol. The summed E-state index contributed by atoms with van der Waals surface area (Å²) < 4.78 is 34.6. The smallest absolute Gasteiger partial charge is 0.231 e. The number of fused-ring (bicyclic) bond motifs is 2. The van der Waals surface area contributed by atoms with Crippen molar-refractivity contribution in [1.82, 2.24) is 20.4 Å². The average Bonchev–Trinajstić information content (AvgIpc) is 4.04. The van der Waals surface area contributed by atoms with Gasteiger partial charge in [-0.15, -0.1) is 0 Å². The van der Waals surface area contributed by atoms with Gasteiger partial charge in [-0.25, -0.2) is 0 Å². The second kappa shape index (κ2) is 23.2. The molecular formula is C43H51Br2ClN6O6.